The summed E-state index contributed by atoms with van der Waals surface area (Å²) >= 11 is 5.41. The molecule has 2 aliphatic rings. The maximum Gasteiger partial charge on any atom is 0.270 e. The van der Waals surface area contributed by atoms with Crippen LogP contribution in [0.5, 0.6) is 0 Å². The van der Waals surface area contributed by atoms with E-state index in [-0.39, 0.29) is 4.90 Å². The number of piperazine rings is 1. The van der Waals surface area contributed by atoms with E-state index >= 15 is 0 Å². The Kier molecular flexibility index (Phi) is 5.86. The molecule has 2 aliphatic heterocycles. The molecule has 0 bridgehead atoms. The van der Waals surface area contributed by atoms with Crippen LogP contribution in [0, 0.1) is 4.84 Å². The van der Waals surface area contributed by atoms with Crippen molar-refractivity contribution in [2.24, 2.45) is 0 Å². The Morgan fingerprint density at radius 3 is 2.39 bits per heavy atom. The third-order valence-corrected chi connectivity index (χ3v) is 7.70. The molecule has 0 unspecified atom stereocenters. The fraction of sp³-hybridized carbons (Fsp3) is 0.611. The second-order valence-electron chi connectivity index (χ2n) is 7.14. The molecule has 2 saturated heterocycles. The molecule has 3 heterocycles. The first-order valence-corrected chi connectivity index (χ1v) is 11.5. The summed E-state index contributed by atoms with van der Waals surface area (Å²) in [7, 11) is -3.56. The maximum absolute atomic E-state index is 13.0. The predicted molar refractivity (Wildman–Crippen MR) is 108 cm³/mol. The summed E-state index contributed by atoms with van der Waals surface area (Å²) in [5.74, 6) is 0. The Bertz CT molecular complexity index is 987. The van der Waals surface area contributed by atoms with Gasteiger partial charge in [0.15, 0.2) is 5.58 Å². The molecule has 1 aromatic heterocycles. The molecule has 10 heteroatoms. The topological polar surface area (TPSA) is 71.2 Å². The van der Waals surface area contributed by atoms with Gasteiger partial charge < -0.3 is 14.1 Å². The summed E-state index contributed by atoms with van der Waals surface area (Å²) in [6.07, 6.45) is 0. The van der Waals surface area contributed by atoms with Gasteiger partial charge in [0.1, 0.15) is 0 Å². The van der Waals surface area contributed by atoms with Gasteiger partial charge in [0.05, 0.1) is 30.3 Å². The highest BCUT2D eigenvalue weighted by Crippen LogP contribution is 2.25. The minimum absolute atomic E-state index is 0.266. The zero-order chi connectivity index (χ0) is 19.7. The van der Waals surface area contributed by atoms with Gasteiger partial charge in [0.25, 0.3) is 4.84 Å². The number of aromatic nitrogens is 1. The highest BCUT2D eigenvalue weighted by atomic mass is 32.2. The maximum atomic E-state index is 13.0. The number of oxazole rings is 1. The van der Waals surface area contributed by atoms with E-state index in [0.29, 0.717) is 43.4 Å². The number of sulfonamides is 1. The summed E-state index contributed by atoms with van der Waals surface area (Å²) < 4.78 is 40.3. The molecule has 0 aliphatic carbocycles. The van der Waals surface area contributed by atoms with Crippen molar-refractivity contribution in [1.82, 2.24) is 18.7 Å². The van der Waals surface area contributed by atoms with Crippen molar-refractivity contribution in [3.8, 4) is 0 Å². The number of benzene rings is 1. The zero-order valence-electron chi connectivity index (χ0n) is 16.0. The molecule has 0 radical (unpaired) electrons. The van der Waals surface area contributed by atoms with Gasteiger partial charge in [0.2, 0.25) is 10.0 Å². The van der Waals surface area contributed by atoms with Crippen molar-refractivity contribution < 1.29 is 17.6 Å². The highest BCUT2D eigenvalue weighted by Gasteiger charge is 2.27. The van der Waals surface area contributed by atoms with Crippen LogP contribution in [-0.4, -0.2) is 86.1 Å². The van der Waals surface area contributed by atoms with Crippen LogP contribution >= 0.6 is 12.2 Å². The van der Waals surface area contributed by atoms with E-state index in [1.807, 2.05) is 4.57 Å². The lowest BCUT2D eigenvalue weighted by atomic mass is 10.3. The van der Waals surface area contributed by atoms with Gasteiger partial charge in [-0.3, -0.25) is 9.47 Å². The van der Waals surface area contributed by atoms with Gasteiger partial charge in [-0.05, 0) is 37.0 Å². The minimum atomic E-state index is -3.56. The van der Waals surface area contributed by atoms with Crippen molar-refractivity contribution >= 4 is 33.3 Å². The summed E-state index contributed by atoms with van der Waals surface area (Å²) in [6.45, 7) is 9.38. The average molecular weight is 427 g/mol. The second kappa shape index (κ2) is 8.21. The SMILES string of the molecule is CCN1CCN(Cn2c(=S)oc3ccc(S(=O)(=O)N4CCOCC4)cc32)CC1. The monoisotopic (exact) mass is 426 g/mol. The molecule has 28 heavy (non-hydrogen) atoms. The van der Waals surface area contributed by atoms with Gasteiger partial charge in [-0.2, -0.15) is 4.31 Å². The highest BCUT2D eigenvalue weighted by molar-refractivity contribution is 7.89. The van der Waals surface area contributed by atoms with Crippen molar-refractivity contribution in [3.05, 3.63) is 23.0 Å². The fourth-order valence-corrected chi connectivity index (χ4v) is 5.39. The van der Waals surface area contributed by atoms with E-state index in [1.165, 1.54) is 4.31 Å². The number of hydrogen-bond donors (Lipinski definition) is 0. The van der Waals surface area contributed by atoms with E-state index in [1.54, 1.807) is 18.2 Å². The molecular formula is C18H26N4O4S2. The van der Waals surface area contributed by atoms with Crippen LogP contribution in [0.15, 0.2) is 27.5 Å². The lowest BCUT2D eigenvalue weighted by Gasteiger charge is -2.34. The van der Waals surface area contributed by atoms with Crippen molar-refractivity contribution in [2.75, 3.05) is 59.0 Å². The lowest BCUT2D eigenvalue weighted by Crippen LogP contribution is -2.46. The normalized spacial score (nSPS) is 20.8. The number of hydrogen-bond acceptors (Lipinski definition) is 7. The van der Waals surface area contributed by atoms with Crippen molar-refractivity contribution in [1.29, 1.82) is 0 Å². The standard InChI is InChI=1S/C18H26N4O4S2/c1-2-19-5-7-20(8-6-19)14-22-16-13-15(3-4-17(16)26-18(22)27)28(23,24)21-9-11-25-12-10-21/h3-4,13H,2,5-12,14H2,1H3. The quantitative estimate of drug-likeness (QED) is 0.672. The number of rotatable bonds is 5. The summed E-state index contributed by atoms with van der Waals surface area (Å²) in [5, 5.41) is 0. The Balaban J connectivity index is 1.62. The molecule has 2 aromatic rings. The zero-order valence-corrected chi connectivity index (χ0v) is 17.7. The van der Waals surface area contributed by atoms with E-state index in [4.69, 9.17) is 21.4 Å². The fourth-order valence-electron chi connectivity index (χ4n) is 3.72. The van der Waals surface area contributed by atoms with Crippen LogP contribution in [0.3, 0.4) is 0 Å². The Morgan fingerprint density at radius 1 is 1.04 bits per heavy atom. The van der Waals surface area contributed by atoms with Gasteiger partial charge in [-0.1, -0.05) is 6.92 Å². The van der Waals surface area contributed by atoms with Crippen LogP contribution < -0.4 is 0 Å². The Hall–Kier alpha value is -1.30. The first kappa shape index (κ1) is 20.0. The largest absolute Gasteiger partial charge is 0.429 e. The van der Waals surface area contributed by atoms with Gasteiger partial charge in [-0.25, -0.2) is 8.42 Å². The number of likely N-dealkylation sites (N-methyl/N-ethyl adjacent to an activating group) is 1. The van der Waals surface area contributed by atoms with E-state index in [2.05, 4.69) is 16.7 Å². The van der Waals surface area contributed by atoms with Crippen LogP contribution in [0.2, 0.25) is 0 Å². The summed E-state index contributed by atoms with van der Waals surface area (Å²) in [5.41, 5.74) is 1.33. The Labute approximate surface area is 170 Å². The van der Waals surface area contributed by atoms with Crippen LogP contribution in [-0.2, 0) is 21.4 Å². The number of fused-ring (bicyclic) bond motifs is 1. The molecule has 8 nitrogen and oxygen atoms in total. The number of nitrogens with zero attached hydrogens (tertiary/aromatic N) is 4. The third kappa shape index (κ3) is 3.89. The second-order valence-corrected chi connectivity index (χ2v) is 9.42. The molecule has 0 saturated carbocycles. The molecule has 0 atom stereocenters. The minimum Gasteiger partial charge on any atom is -0.429 e. The molecule has 0 N–H and O–H groups in total. The van der Waals surface area contributed by atoms with Gasteiger partial charge >= 0.3 is 0 Å². The van der Waals surface area contributed by atoms with Crippen LogP contribution in [0.4, 0.5) is 0 Å². The van der Waals surface area contributed by atoms with Gasteiger partial charge in [-0.15, -0.1) is 0 Å². The molecule has 4 rings (SSSR count). The van der Waals surface area contributed by atoms with Crippen LogP contribution in [0.1, 0.15) is 6.92 Å². The smallest absolute Gasteiger partial charge is 0.270 e. The van der Waals surface area contributed by atoms with E-state index in [9.17, 15) is 8.42 Å². The van der Waals surface area contributed by atoms with E-state index < -0.39 is 10.0 Å². The average Bonchev–Trinajstić information content (AvgIpc) is 3.03. The molecule has 154 valence electrons. The predicted octanol–water partition coefficient (Wildman–Crippen LogP) is 1.58. The number of ether oxygens (including phenoxy) is 1. The number of morpholine rings is 1. The Morgan fingerprint density at radius 2 is 1.71 bits per heavy atom. The molecule has 0 amide bonds. The van der Waals surface area contributed by atoms with Crippen molar-refractivity contribution in [3.63, 3.8) is 0 Å². The molecular weight excluding hydrogens is 400 g/mol. The van der Waals surface area contributed by atoms with Gasteiger partial charge in [0, 0.05) is 39.3 Å². The van der Waals surface area contributed by atoms with Crippen molar-refractivity contribution in [2.45, 2.75) is 18.5 Å². The summed E-state index contributed by atoms with van der Waals surface area (Å²) in [6, 6.07) is 4.97. The molecule has 2 fully saturated rings. The van der Waals surface area contributed by atoms with E-state index in [0.717, 1.165) is 38.2 Å². The summed E-state index contributed by atoms with van der Waals surface area (Å²) in [4.78, 5) is 5.37. The van der Waals surface area contributed by atoms with Crippen LogP contribution in [0.25, 0.3) is 11.1 Å². The first-order chi connectivity index (χ1) is 13.5. The third-order valence-electron chi connectivity index (χ3n) is 5.50. The first-order valence-electron chi connectivity index (χ1n) is 9.65. The lowest BCUT2D eigenvalue weighted by molar-refractivity contribution is 0.0730. The molecule has 0 spiro atoms. The molecule has 1 aromatic carbocycles.